The second kappa shape index (κ2) is 8.15. The molecule has 1 saturated carbocycles. The number of hydrogen-bond acceptors (Lipinski definition) is 3. The molecule has 1 fully saturated rings. The van der Waals surface area contributed by atoms with Gasteiger partial charge in [0.15, 0.2) is 0 Å². The highest BCUT2D eigenvalue weighted by atomic mass is 16.5. The molecule has 4 heteroatoms. The Morgan fingerprint density at radius 3 is 2.71 bits per heavy atom. The number of hydrogen-bond donors (Lipinski definition) is 2. The summed E-state index contributed by atoms with van der Waals surface area (Å²) in [5, 5.41) is 3.19. The van der Waals surface area contributed by atoms with Crippen molar-refractivity contribution in [3.8, 4) is 0 Å². The van der Waals surface area contributed by atoms with Gasteiger partial charge in [-0.1, -0.05) is 50.1 Å². The standard InChI is InChI=1S/C17H26N2O2/c1-13-7-5-6-10-15(13)21-12-11-19-16(17(18)20)14-8-3-2-4-9-14/h2-4,8-9,13,15-16,19H,5-7,10-12H2,1H3,(H2,18,20)/t13-,15-,16-/m1/s1. The summed E-state index contributed by atoms with van der Waals surface area (Å²) in [5.41, 5.74) is 6.37. The maximum Gasteiger partial charge on any atom is 0.239 e. The number of carbonyl (C=O) groups excluding carboxylic acids is 1. The molecule has 1 aliphatic rings. The minimum Gasteiger partial charge on any atom is -0.377 e. The third-order valence-corrected chi connectivity index (χ3v) is 4.23. The summed E-state index contributed by atoms with van der Waals surface area (Å²) in [5.74, 6) is 0.284. The Kier molecular flexibility index (Phi) is 6.21. The van der Waals surface area contributed by atoms with E-state index in [0.29, 0.717) is 25.2 Å². The average Bonchev–Trinajstić information content (AvgIpc) is 2.49. The van der Waals surface area contributed by atoms with Crippen molar-refractivity contribution < 1.29 is 9.53 Å². The molecular weight excluding hydrogens is 264 g/mol. The number of nitrogens with two attached hydrogens (primary N) is 1. The molecule has 116 valence electrons. The van der Waals surface area contributed by atoms with Crippen LogP contribution in [0.15, 0.2) is 30.3 Å². The fourth-order valence-electron chi connectivity index (χ4n) is 2.97. The maximum absolute atomic E-state index is 11.6. The molecule has 0 radical (unpaired) electrons. The molecule has 2 rings (SSSR count). The van der Waals surface area contributed by atoms with Gasteiger partial charge in [0.1, 0.15) is 6.04 Å². The second-order valence-corrected chi connectivity index (χ2v) is 5.87. The number of ether oxygens (including phenoxy) is 1. The van der Waals surface area contributed by atoms with Gasteiger partial charge in [0.05, 0.1) is 12.7 Å². The molecule has 1 aliphatic carbocycles. The van der Waals surface area contributed by atoms with Crippen LogP contribution in [0.1, 0.15) is 44.2 Å². The lowest BCUT2D eigenvalue weighted by Gasteiger charge is -2.29. The van der Waals surface area contributed by atoms with Crippen LogP contribution >= 0.6 is 0 Å². The van der Waals surface area contributed by atoms with E-state index in [9.17, 15) is 4.79 Å². The molecule has 21 heavy (non-hydrogen) atoms. The molecule has 3 N–H and O–H groups in total. The molecule has 0 saturated heterocycles. The maximum atomic E-state index is 11.6. The summed E-state index contributed by atoms with van der Waals surface area (Å²) in [4.78, 5) is 11.6. The molecule has 0 spiro atoms. The fraction of sp³-hybridized carbons (Fsp3) is 0.588. The first-order valence-electron chi connectivity index (χ1n) is 7.87. The average molecular weight is 290 g/mol. The Labute approximate surface area is 127 Å². The van der Waals surface area contributed by atoms with E-state index in [-0.39, 0.29) is 5.91 Å². The Hall–Kier alpha value is -1.39. The molecule has 1 aromatic rings. The van der Waals surface area contributed by atoms with Crippen LogP contribution in [0, 0.1) is 5.92 Å². The third kappa shape index (κ3) is 4.83. The van der Waals surface area contributed by atoms with Crippen LogP contribution in [0.5, 0.6) is 0 Å². The molecule has 4 nitrogen and oxygen atoms in total. The minimum absolute atomic E-state index is 0.354. The van der Waals surface area contributed by atoms with E-state index in [0.717, 1.165) is 12.0 Å². The monoisotopic (exact) mass is 290 g/mol. The SMILES string of the molecule is C[C@@H]1CCCC[C@H]1OCCN[C@@H](C(N)=O)c1ccccc1. The molecule has 0 aromatic heterocycles. The topological polar surface area (TPSA) is 64.3 Å². The zero-order valence-corrected chi connectivity index (χ0v) is 12.8. The highest BCUT2D eigenvalue weighted by Gasteiger charge is 2.22. The summed E-state index contributed by atoms with van der Waals surface area (Å²) in [7, 11) is 0. The van der Waals surface area contributed by atoms with Gasteiger partial charge in [0.2, 0.25) is 5.91 Å². The normalized spacial score (nSPS) is 23.7. The van der Waals surface area contributed by atoms with Gasteiger partial charge in [0, 0.05) is 6.54 Å². The number of amides is 1. The van der Waals surface area contributed by atoms with Gasteiger partial charge in [-0.2, -0.15) is 0 Å². The number of carbonyl (C=O) groups is 1. The summed E-state index contributed by atoms with van der Waals surface area (Å²) < 4.78 is 5.95. The van der Waals surface area contributed by atoms with Gasteiger partial charge < -0.3 is 10.5 Å². The predicted octanol–water partition coefficient (Wildman–Crippen LogP) is 2.40. The molecule has 3 atom stereocenters. The van der Waals surface area contributed by atoms with Crippen molar-refractivity contribution in [2.75, 3.05) is 13.2 Å². The molecule has 0 bridgehead atoms. The van der Waals surface area contributed by atoms with Gasteiger partial charge in [-0.25, -0.2) is 0 Å². The first-order valence-corrected chi connectivity index (χ1v) is 7.87. The van der Waals surface area contributed by atoms with E-state index in [2.05, 4.69) is 12.2 Å². The van der Waals surface area contributed by atoms with Crippen molar-refractivity contribution in [3.05, 3.63) is 35.9 Å². The Morgan fingerprint density at radius 2 is 2.05 bits per heavy atom. The smallest absolute Gasteiger partial charge is 0.239 e. The highest BCUT2D eigenvalue weighted by Crippen LogP contribution is 2.26. The Balaban J connectivity index is 1.76. The Morgan fingerprint density at radius 1 is 1.33 bits per heavy atom. The van der Waals surface area contributed by atoms with E-state index in [1.54, 1.807) is 0 Å². The number of nitrogens with one attached hydrogen (secondary N) is 1. The highest BCUT2D eigenvalue weighted by molar-refractivity contribution is 5.81. The molecular formula is C17H26N2O2. The molecule has 1 aromatic carbocycles. The Bertz CT molecular complexity index is 436. The van der Waals surface area contributed by atoms with Gasteiger partial charge in [0.25, 0.3) is 0 Å². The van der Waals surface area contributed by atoms with Crippen molar-refractivity contribution in [2.24, 2.45) is 11.7 Å². The first kappa shape index (κ1) is 16.0. The van der Waals surface area contributed by atoms with Crippen LogP contribution in [0.25, 0.3) is 0 Å². The molecule has 0 aliphatic heterocycles. The lowest BCUT2D eigenvalue weighted by Crippen LogP contribution is -2.36. The van der Waals surface area contributed by atoms with Crippen molar-refractivity contribution in [1.29, 1.82) is 0 Å². The lowest BCUT2D eigenvalue weighted by atomic mass is 9.88. The van der Waals surface area contributed by atoms with Crippen LogP contribution in [0.3, 0.4) is 0 Å². The van der Waals surface area contributed by atoms with Crippen LogP contribution in [-0.4, -0.2) is 25.2 Å². The zero-order valence-electron chi connectivity index (χ0n) is 12.8. The number of primary amides is 1. The van der Waals surface area contributed by atoms with Crippen molar-refractivity contribution in [3.63, 3.8) is 0 Å². The van der Waals surface area contributed by atoms with Crippen molar-refractivity contribution >= 4 is 5.91 Å². The van der Waals surface area contributed by atoms with Gasteiger partial charge >= 0.3 is 0 Å². The quantitative estimate of drug-likeness (QED) is 0.758. The van der Waals surface area contributed by atoms with E-state index < -0.39 is 6.04 Å². The van der Waals surface area contributed by atoms with E-state index in [4.69, 9.17) is 10.5 Å². The molecule has 1 amide bonds. The zero-order chi connectivity index (χ0) is 15.1. The number of rotatable bonds is 7. The summed E-state index contributed by atoms with van der Waals surface area (Å²) in [6, 6.07) is 9.12. The van der Waals surface area contributed by atoms with Crippen LogP contribution in [0.4, 0.5) is 0 Å². The third-order valence-electron chi connectivity index (χ3n) is 4.23. The van der Waals surface area contributed by atoms with Gasteiger partial charge in [-0.3, -0.25) is 10.1 Å². The van der Waals surface area contributed by atoms with Crippen molar-refractivity contribution in [1.82, 2.24) is 5.32 Å². The van der Waals surface area contributed by atoms with Crippen LogP contribution < -0.4 is 11.1 Å². The summed E-state index contributed by atoms with van der Waals surface area (Å²) in [6.07, 6.45) is 5.35. The van der Waals surface area contributed by atoms with Gasteiger partial charge in [-0.15, -0.1) is 0 Å². The minimum atomic E-state index is -0.446. The second-order valence-electron chi connectivity index (χ2n) is 5.87. The van der Waals surface area contributed by atoms with E-state index in [1.807, 2.05) is 30.3 Å². The summed E-state index contributed by atoms with van der Waals surface area (Å²) in [6.45, 7) is 3.50. The number of benzene rings is 1. The van der Waals surface area contributed by atoms with E-state index >= 15 is 0 Å². The molecule has 0 heterocycles. The summed E-state index contributed by atoms with van der Waals surface area (Å²) >= 11 is 0. The van der Waals surface area contributed by atoms with Crippen molar-refractivity contribution in [2.45, 2.75) is 44.8 Å². The first-order chi connectivity index (χ1) is 10.2. The van der Waals surface area contributed by atoms with E-state index in [1.165, 1.54) is 19.3 Å². The van der Waals surface area contributed by atoms with Crippen LogP contribution in [-0.2, 0) is 9.53 Å². The van der Waals surface area contributed by atoms with Gasteiger partial charge in [-0.05, 0) is 24.3 Å². The molecule has 0 unspecified atom stereocenters. The fourth-order valence-corrected chi connectivity index (χ4v) is 2.97. The largest absolute Gasteiger partial charge is 0.377 e. The predicted molar refractivity (Wildman–Crippen MR) is 83.8 cm³/mol. The van der Waals surface area contributed by atoms with Crippen LogP contribution in [0.2, 0.25) is 0 Å². The lowest BCUT2D eigenvalue weighted by molar-refractivity contribution is -0.120.